The molecule has 1 amide bonds. The van der Waals surface area contributed by atoms with Gasteiger partial charge in [-0.3, -0.25) is 9.78 Å². The number of fused-ring (bicyclic) bond motifs is 1. The van der Waals surface area contributed by atoms with Crippen LogP contribution in [0.4, 0.5) is 5.69 Å². The second-order valence-electron chi connectivity index (χ2n) is 4.99. The summed E-state index contributed by atoms with van der Waals surface area (Å²) >= 11 is 1.39. The van der Waals surface area contributed by atoms with Gasteiger partial charge in [-0.15, -0.1) is 11.3 Å². The largest absolute Gasteiger partial charge is 0.396 e. The van der Waals surface area contributed by atoms with Crippen LogP contribution in [0.2, 0.25) is 0 Å². The molecule has 0 radical (unpaired) electrons. The molecule has 6 heteroatoms. The van der Waals surface area contributed by atoms with Crippen molar-refractivity contribution in [3.8, 4) is 0 Å². The lowest BCUT2D eigenvalue weighted by Crippen LogP contribution is -2.33. The zero-order valence-corrected chi connectivity index (χ0v) is 11.9. The quantitative estimate of drug-likeness (QED) is 0.907. The fourth-order valence-corrected chi connectivity index (χ4v) is 3.40. The molecule has 1 fully saturated rings. The fourth-order valence-electron chi connectivity index (χ4n) is 2.40. The molecule has 3 heterocycles. The highest BCUT2D eigenvalue weighted by Gasteiger charge is 2.19. The number of nitrogen functional groups attached to an aromatic ring is 1. The van der Waals surface area contributed by atoms with Crippen LogP contribution < -0.4 is 11.1 Å². The Morgan fingerprint density at radius 1 is 1.60 bits per heavy atom. The van der Waals surface area contributed by atoms with E-state index in [9.17, 15) is 4.79 Å². The minimum atomic E-state index is -0.115. The molecule has 0 spiro atoms. The summed E-state index contributed by atoms with van der Waals surface area (Å²) in [5.41, 5.74) is 7.20. The van der Waals surface area contributed by atoms with Crippen LogP contribution in [0.25, 0.3) is 10.2 Å². The molecule has 1 aliphatic heterocycles. The minimum Gasteiger partial charge on any atom is -0.396 e. The van der Waals surface area contributed by atoms with Crippen LogP contribution in [-0.4, -0.2) is 30.6 Å². The predicted octanol–water partition coefficient (Wildman–Crippen LogP) is 2.03. The standard InChI is InChI=1S/C14H17N3O2S/c15-11-12-10(4-1-5-16-12)20-13(11)14(18)17-7-9-3-2-6-19-8-9/h1,4-5,9H,2-3,6-8,15H2,(H,17,18). The van der Waals surface area contributed by atoms with Crippen LogP contribution in [0.3, 0.4) is 0 Å². The number of thiophene rings is 1. The summed E-state index contributed by atoms with van der Waals surface area (Å²) < 4.78 is 6.35. The van der Waals surface area contributed by atoms with Crippen molar-refractivity contribution < 1.29 is 9.53 Å². The van der Waals surface area contributed by atoms with Crippen molar-refractivity contribution in [1.82, 2.24) is 10.3 Å². The number of amides is 1. The Kier molecular flexibility index (Phi) is 3.84. The molecule has 1 atom stereocenters. The van der Waals surface area contributed by atoms with E-state index in [-0.39, 0.29) is 5.91 Å². The van der Waals surface area contributed by atoms with Crippen LogP contribution >= 0.6 is 11.3 Å². The lowest BCUT2D eigenvalue weighted by molar-refractivity contribution is 0.0537. The zero-order valence-electron chi connectivity index (χ0n) is 11.1. The number of ether oxygens (including phenoxy) is 1. The smallest absolute Gasteiger partial charge is 0.263 e. The highest BCUT2D eigenvalue weighted by molar-refractivity contribution is 7.21. The average Bonchev–Trinajstić information content (AvgIpc) is 2.84. The van der Waals surface area contributed by atoms with Crippen molar-refractivity contribution in [2.45, 2.75) is 12.8 Å². The lowest BCUT2D eigenvalue weighted by Gasteiger charge is -2.22. The van der Waals surface area contributed by atoms with E-state index in [1.165, 1.54) is 11.3 Å². The van der Waals surface area contributed by atoms with Crippen LogP contribution in [0.15, 0.2) is 18.3 Å². The molecule has 0 saturated carbocycles. The van der Waals surface area contributed by atoms with Gasteiger partial charge in [-0.2, -0.15) is 0 Å². The van der Waals surface area contributed by atoms with Crippen LogP contribution in [0.5, 0.6) is 0 Å². The molecule has 106 valence electrons. The first kappa shape index (κ1) is 13.3. The molecule has 0 aromatic carbocycles. The minimum absolute atomic E-state index is 0.115. The van der Waals surface area contributed by atoms with Gasteiger partial charge in [-0.1, -0.05) is 0 Å². The molecule has 1 saturated heterocycles. The van der Waals surface area contributed by atoms with Gasteiger partial charge in [0.25, 0.3) is 5.91 Å². The van der Waals surface area contributed by atoms with E-state index in [2.05, 4.69) is 10.3 Å². The summed E-state index contributed by atoms with van der Waals surface area (Å²) in [6.07, 6.45) is 3.85. The topological polar surface area (TPSA) is 77.2 Å². The van der Waals surface area contributed by atoms with Gasteiger partial charge in [-0.05, 0) is 30.9 Å². The number of carbonyl (C=O) groups is 1. The molecule has 0 bridgehead atoms. The molecular formula is C14H17N3O2S. The highest BCUT2D eigenvalue weighted by Crippen LogP contribution is 2.31. The van der Waals surface area contributed by atoms with Crippen LogP contribution in [-0.2, 0) is 4.74 Å². The Bertz CT molecular complexity index is 620. The summed E-state index contributed by atoms with van der Waals surface area (Å²) in [4.78, 5) is 17.0. The number of anilines is 1. The van der Waals surface area contributed by atoms with Gasteiger partial charge in [0.2, 0.25) is 0 Å². The summed E-state index contributed by atoms with van der Waals surface area (Å²) in [5.74, 6) is 0.289. The summed E-state index contributed by atoms with van der Waals surface area (Å²) in [7, 11) is 0. The zero-order chi connectivity index (χ0) is 13.9. The van der Waals surface area contributed by atoms with Gasteiger partial charge in [0, 0.05) is 19.3 Å². The second kappa shape index (κ2) is 5.76. The number of pyridine rings is 1. The Balaban J connectivity index is 1.70. The molecule has 2 aromatic heterocycles. The fraction of sp³-hybridized carbons (Fsp3) is 0.429. The number of nitrogens with one attached hydrogen (secondary N) is 1. The van der Waals surface area contributed by atoms with Crippen molar-refractivity contribution in [2.24, 2.45) is 5.92 Å². The molecule has 2 aromatic rings. The third-order valence-corrected chi connectivity index (χ3v) is 4.65. The molecule has 1 unspecified atom stereocenters. The van der Waals surface area contributed by atoms with Gasteiger partial charge in [0.1, 0.15) is 10.4 Å². The average molecular weight is 291 g/mol. The Morgan fingerprint density at radius 2 is 2.50 bits per heavy atom. The summed E-state index contributed by atoms with van der Waals surface area (Å²) in [6, 6.07) is 3.77. The van der Waals surface area contributed by atoms with Gasteiger partial charge >= 0.3 is 0 Å². The second-order valence-corrected chi connectivity index (χ2v) is 6.04. The first-order valence-electron chi connectivity index (χ1n) is 6.74. The molecular weight excluding hydrogens is 274 g/mol. The van der Waals surface area contributed by atoms with E-state index in [1.54, 1.807) is 6.20 Å². The maximum absolute atomic E-state index is 12.2. The number of hydrogen-bond donors (Lipinski definition) is 2. The van der Waals surface area contributed by atoms with Gasteiger partial charge < -0.3 is 15.8 Å². The third kappa shape index (κ3) is 2.62. The number of hydrogen-bond acceptors (Lipinski definition) is 5. The molecule has 0 aliphatic carbocycles. The van der Waals surface area contributed by atoms with Gasteiger partial charge in [0.15, 0.2) is 0 Å². The van der Waals surface area contributed by atoms with Crippen molar-refractivity contribution in [2.75, 3.05) is 25.5 Å². The van der Waals surface area contributed by atoms with E-state index >= 15 is 0 Å². The third-order valence-electron chi connectivity index (χ3n) is 3.49. The normalized spacial score (nSPS) is 19.1. The van der Waals surface area contributed by atoms with E-state index < -0.39 is 0 Å². The van der Waals surface area contributed by atoms with Crippen molar-refractivity contribution in [1.29, 1.82) is 0 Å². The van der Waals surface area contributed by atoms with Crippen LogP contribution in [0.1, 0.15) is 22.5 Å². The number of nitrogens with zero attached hydrogens (tertiary/aromatic N) is 1. The first-order chi connectivity index (χ1) is 9.75. The number of carbonyl (C=O) groups excluding carboxylic acids is 1. The molecule has 5 nitrogen and oxygen atoms in total. The lowest BCUT2D eigenvalue weighted by atomic mass is 10.0. The Morgan fingerprint density at radius 3 is 3.25 bits per heavy atom. The Hall–Kier alpha value is -1.66. The first-order valence-corrected chi connectivity index (χ1v) is 7.56. The highest BCUT2D eigenvalue weighted by atomic mass is 32.1. The van der Waals surface area contributed by atoms with E-state index in [0.717, 1.165) is 30.8 Å². The van der Waals surface area contributed by atoms with Crippen molar-refractivity contribution >= 4 is 33.1 Å². The van der Waals surface area contributed by atoms with Crippen molar-refractivity contribution in [3.63, 3.8) is 0 Å². The van der Waals surface area contributed by atoms with E-state index in [0.29, 0.717) is 28.5 Å². The SMILES string of the molecule is Nc1c(C(=O)NCC2CCCOC2)sc2cccnc12. The molecule has 3 N–H and O–H groups in total. The molecule has 1 aliphatic rings. The monoisotopic (exact) mass is 291 g/mol. The number of rotatable bonds is 3. The van der Waals surface area contributed by atoms with E-state index in [4.69, 9.17) is 10.5 Å². The molecule has 3 rings (SSSR count). The maximum Gasteiger partial charge on any atom is 0.263 e. The van der Waals surface area contributed by atoms with Gasteiger partial charge in [-0.25, -0.2) is 0 Å². The predicted molar refractivity (Wildman–Crippen MR) is 79.9 cm³/mol. The maximum atomic E-state index is 12.2. The van der Waals surface area contributed by atoms with E-state index in [1.807, 2.05) is 12.1 Å². The number of aromatic nitrogens is 1. The Labute approximate surface area is 121 Å². The number of nitrogens with two attached hydrogens (primary N) is 1. The summed E-state index contributed by atoms with van der Waals surface area (Å²) in [6.45, 7) is 2.20. The van der Waals surface area contributed by atoms with Crippen LogP contribution in [0, 0.1) is 5.92 Å². The summed E-state index contributed by atoms with van der Waals surface area (Å²) in [5, 5.41) is 2.95. The molecule has 20 heavy (non-hydrogen) atoms. The van der Waals surface area contributed by atoms with Gasteiger partial charge in [0.05, 0.1) is 17.0 Å². The van der Waals surface area contributed by atoms with Crippen molar-refractivity contribution in [3.05, 3.63) is 23.2 Å².